The van der Waals surface area contributed by atoms with E-state index in [4.69, 9.17) is 9.47 Å². The summed E-state index contributed by atoms with van der Waals surface area (Å²) >= 11 is 0. The van der Waals surface area contributed by atoms with E-state index in [9.17, 15) is 0 Å². The van der Waals surface area contributed by atoms with E-state index in [2.05, 4.69) is 61.5 Å². The summed E-state index contributed by atoms with van der Waals surface area (Å²) in [6, 6.07) is 0. The number of ether oxygens (including phenoxy) is 2. The van der Waals surface area contributed by atoms with E-state index in [-0.39, 0.29) is 0 Å². The molecule has 2 heterocycles. The minimum atomic E-state index is 0.444. The largest absolute Gasteiger partial charge is 0.498 e. The van der Waals surface area contributed by atoms with Crippen molar-refractivity contribution < 1.29 is 9.47 Å². The average molecular weight is 311 g/mol. The molecule has 2 nitrogen and oxygen atoms in total. The second-order valence-corrected chi connectivity index (χ2v) is 7.49. The molecule has 8 atom stereocenters. The molecule has 0 amide bonds. The molecule has 0 spiro atoms. The van der Waals surface area contributed by atoms with Crippen LogP contribution in [0, 0.1) is 29.6 Å². The second kappa shape index (κ2) is 8.96. The molecule has 0 bridgehead atoms. The molecule has 0 aromatic rings. The Morgan fingerprint density at radius 3 is 1.82 bits per heavy atom. The highest BCUT2D eigenvalue weighted by molar-refractivity contribution is 4.91. The van der Waals surface area contributed by atoms with E-state index >= 15 is 0 Å². The van der Waals surface area contributed by atoms with Gasteiger partial charge in [-0.15, -0.1) is 0 Å². The predicted molar refractivity (Wildman–Crippen MR) is 94.8 cm³/mol. The third-order valence-electron chi connectivity index (χ3n) is 6.23. The van der Waals surface area contributed by atoms with Crippen LogP contribution in [-0.2, 0) is 9.47 Å². The first kappa shape index (κ1) is 19.5. The molecule has 0 radical (unpaired) electrons. The summed E-state index contributed by atoms with van der Waals surface area (Å²) in [7, 11) is 0. The lowest BCUT2D eigenvalue weighted by Crippen LogP contribution is -2.42. The van der Waals surface area contributed by atoms with Gasteiger partial charge in [0.1, 0.15) is 6.10 Å². The summed E-state index contributed by atoms with van der Waals surface area (Å²) in [5.41, 5.74) is 0. The Labute approximate surface area is 138 Å². The van der Waals surface area contributed by atoms with Gasteiger partial charge in [0.25, 0.3) is 0 Å². The minimum absolute atomic E-state index is 0.444. The number of hydrogen-bond donors (Lipinski definition) is 0. The number of allylic oxidation sites excluding steroid dienone is 1. The van der Waals surface area contributed by atoms with Crippen LogP contribution in [0.25, 0.3) is 0 Å². The molecule has 22 heavy (non-hydrogen) atoms. The molecule has 0 aromatic carbocycles. The molecule has 2 aliphatic heterocycles. The van der Waals surface area contributed by atoms with Crippen LogP contribution in [0.1, 0.15) is 68.2 Å². The van der Waals surface area contributed by atoms with Crippen LogP contribution < -0.4 is 0 Å². The molecular formula is C20H38O2. The number of rotatable bonds is 2. The molecule has 130 valence electrons. The van der Waals surface area contributed by atoms with Crippen LogP contribution in [0.4, 0.5) is 0 Å². The van der Waals surface area contributed by atoms with Crippen molar-refractivity contribution in [1.82, 2.24) is 0 Å². The van der Waals surface area contributed by atoms with Crippen LogP contribution in [0.15, 0.2) is 12.3 Å². The zero-order valence-electron chi connectivity index (χ0n) is 16.0. The SMILES string of the molecule is CCC1OC(C)C(C)C(C)C1C.CCC1OC=CC(C)C1C. The van der Waals surface area contributed by atoms with Gasteiger partial charge in [-0.05, 0) is 55.4 Å². The van der Waals surface area contributed by atoms with Crippen LogP contribution >= 0.6 is 0 Å². The Bertz CT molecular complexity index is 334. The summed E-state index contributed by atoms with van der Waals surface area (Å²) < 4.78 is 11.4. The fourth-order valence-corrected chi connectivity index (χ4v) is 3.61. The lowest BCUT2D eigenvalue weighted by Gasteiger charge is -2.42. The van der Waals surface area contributed by atoms with E-state index < -0.39 is 0 Å². The Morgan fingerprint density at radius 1 is 0.727 bits per heavy atom. The van der Waals surface area contributed by atoms with Gasteiger partial charge in [0.2, 0.25) is 0 Å². The molecule has 0 aromatic heterocycles. The molecule has 0 aliphatic carbocycles. The van der Waals surface area contributed by atoms with E-state index in [1.54, 1.807) is 0 Å². The fourth-order valence-electron chi connectivity index (χ4n) is 3.61. The molecular weight excluding hydrogens is 272 g/mol. The van der Waals surface area contributed by atoms with Crippen molar-refractivity contribution >= 4 is 0 Å². The van der Waals surface area contributed by atoms with Crippen molar-refractivity contribution in [1.29, 1.82) is 0 Å². The van der Waals surface area contributed by atoms with E-state index in [1.807, 2.05) is 6.26 Å². The topological polar surface area (TPSA) is 18.5 Å². The zero-order chi connectivity index (χ0) is 16.9. The Kier molecular flexibility index (Phi) is 7.96. The molecule has 2 rings (SSSR count). The van der Waals surface area contributed by atoms with E-state index in [0.29, 0.717) is 36.1 Å². The molecule has 1 saturated heterocycles. The Morgan fingerprint density at radius 2 is 1.32 bits per heavy atom. The highest BCUT2D eigenvalue weighted by Crippen LogP contribution is 2.35. The lowest BCUT2D eigenvalue weighted by molar-refractivity contribution is -0.125. The quantitative estimate of drug-likeness (QED) is 0.654. The van der Waals surface area contributed by atoms with Crippen molar-refractivity contribution in [3.05, 3.63) is 12.3 Å². The normalized spacial score (nSPS) is 44.7. The van der Waals surface area contributed by atoms with Crippen LogP contribution in [0.5, 0.6) is 0 Å². The maximum atomic E-state index is 5.93. The van der Waals surface area contributed by atoms with Gasteiger partial charge in [0, 0.05) is 0 Å². The minimum Gasteiger partial charge on any atom is -0.498 e. The molecule has 0 saturated carbocycles. The van der Waals surface area contributed by atoms with Crippen LogP contribution in [0.2, 0.25) is 0 Å². The number of hydrogen-bond acceptors (Lipinski definition) is 2. The monoisotopic (exact) mass is 310 g/mol. The molecule has 2 aliphatic rings. The van der Waals surface area contributed by atoms with Gasteiger partial charge in [-0.2, -0.15) is 0 Å². The smallest absolute Gasteiger partial charge is 0.101 e. The summed E-state index contributed by atoms with van der Waals surface area (Å²) in [6.45, 7) is 18.1. The maximum Gasteiger partial charge on any atom is 0.101 e. The molecule has 8 unspecified atom stereocenters. The van der Waals surface area contributed by atoms with Crippen molar-refractivity contribution in [2.45, 2.75) is 86.5 Å². The maximum absolute atomic E-state index is 5.93. The Hall–Kier alpha value is -0.500. The van der Waals surface area contributed by atoms with Gasteiger partial charge >= 0.3 is 0 Å². The first-order chi connectivity index (χ1) is 10.3. The van der Waals surface area contributed by atoms with Gasteiger partial charge in [0.05, 0.1) is 18.5 Å². The molecule has 2 heteroatoms. The highest BCUT2D eigenvalue weighted by atomic mass is 16.5. The predicted octanol–water partition coefficient (Wildman–Crippen LogP) is 5.67. The Balaban J connectivity index is 0.000000224. The fraction of sp³-hybridized carbons (Fsp3) is 0.900. The first-order valence-electron chi connectivity index (χ1n) is 9.30. The third kappa shape index (κ3) is 4.75. The molecule has 1 fully saturated rings. The van der Waals surface area contributed by atoms with Crippen molar-refractivity contribution in [2.24, 2.45) is 29.6 Å². The van der Waals surface area contributed by atoms with Crippen LogP contribution in [-0.4, -0.2) is 18.3 Å². The van der Waals surface area contributed by atoms with E-state index in [1.165, 1.54) is 0 Å². The van der Waals surface area contributed by atoms with Gasteiger partial charge in [-0.3, -0.25) is 0 Å². The standard InChI is InChI=1S/C11H22O.C9H16O/c1-6-11-9(4)7(2)8(3)10(5)12-11;1-4-9-8(3)7(2)5-6-10-9/h7-11H,6H2,1-5H3;5-9H,4H2,1-3H3. The third-order valence-corrected chi connectivity index (χ3v) is 6.23. The van der Waals surface area contributed by atoms with Gasteiger partial charge in [-0.25, -0.2) is 0 Å². The average Bonchev–Trinajstić information content (AvgIpc) is 2.52. The van der Waals surface area contributed by atoms with Crippen molar-refractivity contribution in [3.63, 3.8) is 0 Å². The van der Waals surface area contributed by atoms with E-state index in [0.717, 1.165) is 24.7 Å². The second-order valence-electron chi connectivity index (χ2n) is 7.49. The van der Waals surface area contributed by atoms with Crippen molar-refractivity contribution in [3.8, 4) is 0 Å². The summed E-state index contributed by atoms with van der Waals surface area (Å²) in [5.74, 6) is 3.59. The first-order valence-corrected chi connectivity index (χ1v) is 9.30. The zero-order valence-corrected chi connectivity index (χ0v) is 16.0. The summed E-state index contributed by atoms with van der Waals surface area (Å²) in [6.07, 6.45) is 7.64. The van der Waals surface area contributed by atoms with Gasteiger partial charge in [-0.1, -0.05) is 48.5 Å². The van der Waals surface area contributed by atoms with Gasteiger partial charge < -0.3 is 9.47 Å². The van der Waals surface area contributed by atoms with Crippen LogP contribution in [0.3, 0.4) is 0 Å². The lowest BCUT2D eigenvalue weighted by atomic mass is 9.76. The van der Waals surface area contributed by atoms with Gasteiger partial charge in [0.15, 0.2) is 0 Å². The van der Waals surface area contributed by atoms with Crippen molar-refractivity contribution in [2.75, 3.05) is 0 Å². The highest BCUT2D eigenvalue weighted by Gasteiger charge is 2.35. The summed E-state index contributed by atoms with van der Waals surface area (Å²) in [5, 5.41) is 0. The molecule has 0 N–H and O–H groups in total. The summed E-state index contributed by atoms with van der Waals surface area (Å²) in [4.78, 5) is 0.